The van der Waals surface area contributed by atoms with Gasteiger partial charge < -0.3 is 0 Å². The summed E-state index contributed by atoms with van der Waals surface area (Å²) in [5, 5.41) is 0. The lowest BCUT2D eigenvalue weighted by molar-refractivity contribution is -0.645. The Morgan fingerprint density at radius 3 is 2.46 bits per heavy atom. The Balaban J connectivity index is 2.95. The molecule has 72 valence electrons. The molecule has 0 unspecified atom stereocenters. The smallest absolute Gasteiger partial charge is 0.205 e. The van der Waals surface area contributed by atoms with Crippen LogP contribution in [0.5, 0.6) is 0 Å². The fourth-order valence-corrected chi connectivity index (χ4v) is 1.66. The molecule has 0 aliphatic carbocycles. The van der Waals surface area contributed by atoms with E-state index in [0.717, 1.165) is 5.69 Å². The molecule has 2 heteroatoms. The minimum absolute atomic E-state index is 0.680. The fraction of sp³-hybridized carbons (Fsp3) is 0.545. The largest absolute Gasteiger partial charge is 0.208 e. The van der Waals surface area contributed by atoms with Crippen LogP contribution in [0.3, 0.4) is 0 Å². The van der Waals surface area contributed by atoms with Crippen LogP contribution in [-0.2, 0) is 0 Å². The lowest BCUT2D eigenvalue weighted by Gasteiger charge is -2.11. The summed E-state index contributed by atoms with van der Waals surface area (Å²) in [6.45, 7) is 6.49. The van der Waals surface area contributed by atoms with Crippen molar-refractivity contribution in [1.82, 2.24) is 0 Å². The van der Waals surface area contributed by atoms with Crippen molar-refractivity contribution in [3.05, 3.63) is 29.6 Å². The number of aromatic nitrogens is 1. The Morgan fingerprint density at radius 1 is 1.38 bits per heavy atom. The van der Waals surface area contributed by atoms with Gasteiger partial charge >= 0.3 is 0 Å². The summed E-state index contributed by atoms with van der Waals surface area (Å²) in [4.78, 5) is 0. The molecule has 1 rings (SSSR count). The van der Waals surface area contributed by atoms with Crippen LogP contribution >= 0.6 is 0 Å². The van der Waals surface area contributed by atoms with Crippen molar-refractivity contribution in [2.75, 3.05) is 5.84 Å². The molecule has 0 aliphatic heterocycles. The number of hydrogen-bond donors (Lipinski definition) is 1. The zero-order valence-electron chi connectivity index (χ0n) is 8.75. The van der Waals surface area contributed by atoms with Crippen molar-refractivity contribution in [2.45, 2.75) is 39.5 Å². The van der Waals surface area contributed by atoms with Gasteiger partial charge in [-0.25, -0.2) is 5.84 Å². The standard InChI is InChI=1S/C11H19N2/c1-4-10(5-2)11-6-7-13(12)9(3)8-11/h6-8,10H,4-5,12H2,1-3H3/q+1. The summed E-state index contributed by atoms with van der Waals surface area (Å²) in [5.74, 6) is 6.37. The Bertz CT molecular complexity index is 277. The molecule has 1 aromatic rings. The van der Waals surface area contributed by atoms with Gasteiger partial charge in [-0.2, -0.15) is 0 Å². The van der Waals surface area contributed by atoms with Crippen molar-refractivity contribution in [1.29, 1.82) is 0 Å². The van der Waals surface area contributed by atoms with Crippen molar-refractivity contribution >= 4 is 0 Å². The van der Waals surface area contributed by atoms with Gasteiger partial charge in [0.1, 0.15) is 0 Å². The third-order valence-corrected chi connectivity index (χ3v) is 2.67. The first-order valence-corrected chi connectivity index (χ1v) is 4.96. The van der Waals surface area contributed by atoms with Gasteiger partial charge in [-0.15, -0.1) is 0 Å². The molecular weight excluding hydrogens is 160 g/mol. The summed E-state index contributed by atoms with van der Waals surface area (Å²) in [5.41, 5.74) is 2.52. The van der Waals surface area contributed by atoms with Crippen molar-refractivity contribution < 1.29 is 4.68 Å². The first kappa shape index (κ1) is 10.0. The molecule has 0 aliphatic rings. The minimum atomic E-state index is 0.680. The van der Waals surface area contributed by atoms with Crippen LogP contribution in [0.1, 0.15) is 43.9 Å². The predicted octanol–water partition coefficient (Wildman–Crippen LogP) is 1.90. The Morgan fingerprint density at radius 2 is 2.00 bits per heavy atom. The van der Waals surface area contributed by atoms with E-state index in [1.54, 1.807) is 4.68 Å². The molecule has 0 bridgehead atoms. The third-order valence-electron chi connectivity index (χ3n) is 2.67. The molecule has 1 aromatic heterocycles. The molecular formula is C11H19N2+. The normalized spacial score (nSPS) is 10.8. The highest BCUT2D eigenvalue weighted by Crippen LogP contribution is 2.21. The van der Waals surface area contributed by atoms with Gasteiger partial charge in [-0.1, -0.05) is 18.5 Å². The summed E-state index contributed by atoms with van der Waals surface area (Å²) < 4.78 is 1.66. The summed E-state index contributed by atoms with van der Waals surface area (Å²) >= 11 is 0. The molecule has 2 nitrogen and oxygen atoms in total. The first-order chi connectivity index (χ1) is 6.19. The van der Waals surface area contributed by atoms with E-state index in [2.05, 4.69) is 26.0 Å². The van der Waals surface area contributed by atoms with Crippen LogP contribution in [0, 0.1) is 6.92 Å². The maximum absolute atomic E-state index is 5.69. The molecule has 0 fully saturated rings. The lowest BCUT2D eigenvalue weighted by Crippen LogP contribution is -2.46. The molecule has 0 atom stereocenters. The highest BCUT2D eigenvalue weighted by molar-refractivity contribution is 5.16. The molecule has 0 spiro atoms. The number of nitrogen functional groups attached to an aromatic ring is 1. The monoisotopic (exact) mass is 179 g/mol. The average molecular weight is 179 g/mol. The van der Waals surface area contributed by atoms with Gasteiger partial charge in [0.15, 0.2) is 6.20 Å². The quantitative estimate of drug-likeness (QED) is 0.557. The molecule has 2 N–H and O–H groups in total. The number of nitrogens with two attached hydrogens (primary N) is 1. The van der Waals surface area contributed by atoms with Crippen molar-refractivity contribution in [3.8, 4) is 0 Å². The Hall–Kier alpha value is -1.05. The number of aryl methyl sites for hydroxylation is 1. The number of pyridine rings is 1. The van der Waals surface area contributed by atoms with E-state index in [1.165, 1.54) is 18.4 Å². The van der Waals surface area contributed by atoms with Gasteiger partial charge in [0.2, 0.25) is 5.69 Å². The second-order valence-electron chi connectivity index (χ2n) is 3.52. The molecule has 0 saturated carbocycles. The molecule has 0 radical (unpaired) electrons. The predicted molar refractivity (Wildman–Crippen MR) is 54.8 cm³/mol. The summed E-state index contributed by atoms with van der Waals surface area (Å²) in [6.07, 6.45) is 4.33. The number of rotatable bonds is 3. The molecule has 0 aromatic carbocycles. The van der Waals surface area contributed by atoms with Crippen LogP contribution in [0.15, 0.2) is 18.3 Å². The highest BCUT2D eigenvalue weighted by Gasteiger charge is 2.10. The first-order valence-electron chi connectivity index (χ1n) is 4.96. The fourth-order valence-electron chi connectivity index (χ4n) is 1.66. The van der Waals surface area contributed by atoms with Gasteiger partial charge in [0.25, 0.3) is 0 Å². The topological polar surface area (TPSA) is 29.9 Å². The number of nitrogens with zero attached hydrogens (tertiary/aromatic N) is 1. The Kier molecular flexibility index (Phi) is 3.29. The molecule has 1 heterocycles. The van der Waals surface area contributed by atoms with E-state index >= 15 is 0 Å². The zero-order chi connectivity index (χ0) is 9.84. The highest BCUT2D eigenvalue weighted by atomic mass is 15.3. The minimum Gasteiger partial charge on any atom is -0.205 e. The van der Waals surface area contributed by atoms with Crippen molar-refractivity contribution in [2.24, 2.45) is 0 Å². The maximum atomic E-state index is 5.69. The molecule has 0 amide bonds. The third kappa shape index (κ3) is 2.20. The van der Waals surface area contributed by atoms with Crippen molar-refractivity contribution in [3.63, 3.8) is 0 Å². The van der Waals surface area contributed by atoms with Crippen LogP contribution in [0.25, 0.3) is 0 Å². The SMILES string of the molecule is CCC(CC)c1cc[n+](N)c(C)c1. The van der Waals surface area contributed by atoms with E-state index < -0.39 is 0 Å². The molecule has 0 saturated heterocycles. The Labute approximate surface area is 80.4 Å². The van der Waals surface area contributed by atoms with Crippen LogP contribution < -0.4 is 10.5 Å². The second-order valence-corrected chi connectivity index (χ2v) is 3.52. The molecule has 13 heavy (non-hydrogen) atoms. The van der Waals surface area contributed by atoms with E-state index in [-0.39, 0.29) is 0 Å². The second kappa shape index (κ2) is 4.26. The lowest BCUT2D eigenvalue weighted by atomic mass is 9.94. The van der Waals surface area contributed by atoms with Gasteiger partial charge in [0, 0.05) is 19.1 Å². The van der Waals surface area contributed by atoms with E-state index in [9.17, 15) is 0 Å². The van der Waals surface area contributed by atoms with Gasteiger partial charge in [0.05, 0.1) is 0 Å². The van der Waals surface area contributed by atoms with E-state index in [1.807, 2.05) is 13.1 Å². The average Bonchev–Trinajstić information content (AvgIpc) is 2.13. The van der Waals surface area contributed by atoms with Gasteiger partial charge in [-0.05, 0) is 24.3 Å². The maximum Gasteiger partial charge on any atom is 0.208 e. The van der Waals surface area contributed by atoms with E-state index in [0.29, 0.717) is 5.92 Å². The van der Waals surface area contributed by atoms with Crippen LogP contribution in [0.2, 0.25) is 0 Å². The zero-order valence-corrected chi connectivity index (χ0v) is 8.75. The number of hydrogen-bond acceptors (Lipinski definition) is 1. The van der Waals surface area contributed by atoms with E-state index in [4.69, 9.17) is 5.84 Å². The summed E-state index contributed by atoms with van der Waals surface area (Å²) in [7, 11) is 0. The van der Waals surface area contributed by atoms with Gasteiger partial charge in [-0.3, -0.25) is 0 Å². The van der Waals surface area contributed by atoms with Crippen LogP contribution in [-0.4, -0.2) is 0 Å². The summed E-state index contributed by atoms with van der Waals surface area (Å²) in [6, 6.07) is 4.29. The van der Waals surface area contributed by atoms with Crippen LogP contribution in [0.4, 0.5) is 0 Å².